The molecule has 1 N–H and O–H groups in total. The van der Waals surface area contributed by atoms with Gasteiger partial charge < -0.3 is 14.9 Å². The van der Waals surface area contributed by atoms with Gasteiger partial charge in [0.1, 0.15) is 0 Å². The summed E-state index contributed by atoms with van der Waals surface area (Å²) in [6.07, 6.45) is 5.96. The predicted molar refractivity (Wildman–Crippen MR) is 93.4 cm³/mol. The molecule has 1 saturated carbocycles. The van der Waals surface area contributed by atoms with Gasteiger partial charge in [-0.2, -0.15) is 0 Å². The van der Waals surface area contributed by atoms with Gasteiger partial charge in [0.2, 0.25) is 0 Å². The molecular formula is C20H30N2O. The van der Waals surface area contributed by atoms with Gasteiger partial charge in [0.25, 0.3) is 0 Å². The normalized spacial score (nSPS) is 35.0. The molecule has 3 unspecified atom stereocenters. The summed E-state index contributed by atoms with van der Waals surface area (Å²) in [6.45, 7) is 5.92. The van der Waals surface area contributed by atoms with Gasteiger partial charge in [-0.05, 0) is 69.3 Å². The molecule has 3 fully saturated rings. The van der Waals surface area contributed by atoms with Crippen LogP contribution in [0.3, 0.4) is 0 Å². The van der Waals surface area contributed by atoms with Gasteiger partial charge in [-0.1, -0.05) is 24.3 Å². The molecule has 0 radical (unpaired) electrons. The zero-order chi connectivity index (χ0) is 15.9. The first-order valence-electron chi connectivity index (χ1n) is 9.38. The summed E-state index contributed by atoms with van der Waals surface area (Å²) in [6, 6.07) is 8.88. The Morgan fingerprint density at radius 1 is 1.13 bits per heavy atom. The fourth-order valence-electron chi connectivity index (χ4n) is 5.12. The van der Waals surface area contributed by atoms with Crippen LogP contribution in [0.25, 0.3) is 0 Å². The summed E-state index contributed by atoms with van der Waals surface area (Å²) < 4.78 is 0. The standard InChI is InChI=1S/C20H30N2O/c1-21-14-17-8-10-20(23,19(17)15-21)18-6-4-16(5-7-18)9-13-22-11-2-3-12-22/h4-7,17,19,23H,2-3,8-15H2,1H3. The number of likely N-dealkylation sites (tertiary alicyclic amines) is 2. The van der Waals surface area contributed by atoms with Gasteiger partial charge in [0, 0.05) is 25.6 Å². The molecular weight excluding hydrogens is 284 g/mol. The van der Waals surface area contributed by atoms with Crippen LogP contribution in [-0.4, -0.2) is 54.7 Å². The molecule has 126 valence electrons. The van der Waals surface area contributed by atoms with E-state index in [0.717, 1.165) is 31.5 Å². The van der Waals surface area contributed by atoms with E-state index in [1.54, 1.807) is 0 Å². The largest absolute Gasteiger partial charge is 0.385 e. The number of nitrogens with zero attached hydrogens (tertiary/aromatic N) is 2. The highest BCUT2D eigenvalue weighted by Crippen LogP contribution is 2.50. The molecule has 3 nitrogen and oxygen atoms in total. The average Bonchev–Trinajstić information content (AvgIpc) is 3.26. The molecule has 2 saturated heterocycles. The molecule has 0 spiro atoms. The van der Waals surface area contributed by atoms with Gasteiger partial charge in [-0.25, -0.2) is 0 Å². The SMILES string of the molecule is CN1CC2CCC(O)(c3ccc(CCN4CCCC4)cc3)C2C1. The van der Waals surface area contributed by atoms with Gasteiger partial charge in [-0.15, -0.1) is 0 Å². The Balaban J connectivity index is 1.43. The van der Waals surface area contributed by atoms with Crippen LogP contribution in [0.2, 0.25) is 0 Å². The molecule has 1 aromatic rings. The highest BCUT2D eigenvalue weighted by Gasteiger charge is 2.51. The molecule has 0 aromatic heterocycles. The lowest BCUT2D eigenvalue weighted by Crippen LogP contribution is -2.34. The molecule has 1 aromatic carbocycles. The van der Waals surface area contributed by atoms with Crippen molar-refractivity contribution in [2.75, 3.05) is 39.8 Å². The molecule has 2 heterocycles. The molecule has 23 heavy (non-hydrogen) atoms. The fraction of sp³-hybridized carbons (Fsp3) is 0.700. The van der Waals surface area contributed by atoms with Crippen molar-refractivity contribution in [3.8, 4) is 0 Å². The second-order valence-electron chi connectivity index (χ2n) is 8.05. The maximum absolute atomic E-state index is 11.3. The number of hydrogen-bond donors (Lipinski definition) is 1. The maximum atomic E-state index is 11.3. The van der Waals surface area contributed by atoms with Crippen LogP contribution < -0.4 is 0 Å². The molecule has 4 rings (SSSR count). The summed E-state index contributed by atoms with van der Waals surface area (Å²) >= 11 is 0. The second-order valence-corrected chi connectivity index (χ2v) is 8.05. The summed E-state index contributed by atoms with van der Waals surface area (Å²) in [5.74, 6) is 1.10. The quantitative estimate of drug-likeness (QED) is 0.925. The first-order valence-corrected chi connectivity index (χ1v) is 9.38. The van der Waals surface area contributed by atoms with Gasteiger partial charge >= 0.3 is 0 Å². The third-order valence-corrected chi connectivity index (χ3v) is 6.50. The molecule has 3 aliphatic rings. The van der Waals surface area contributed by atoms with E-state index in [1.807, 2.05) is 0 Å². The van der Waals surface area contributed by atoms with Gasteiger partial charge in [0.05, 0.1) is 5.60 Å². The van der Waals surface area contributed by atoms with Crippen LogP contribution >= 0.6 is 0 Å². The number of aliphatic hydroxyl groups is 1. The Bertz CT molecular complexity index is 537. The van der Waals surface area contributed by atoms with Crippen LogP contribution in [0.5, 0.6) is 0 Å². The number of hydrogen-bond acceptors (Lipinski definition) is 3. The third-order valence-electron chi connectivity index (χ3n) is 6.50. The van der Waals surface area contributed by atoms with E-state index >= 15 is 0 Å². The van der Waals surface area contributed by atoms with Crippen molar-refractivity contribution >= 4 is 0 Å². The molecule has 2 aliphatic heterocycles. The smallest absolute Gasteiger partial charge is 0.0940 e. The Labute approximate surface area is 140 Å². The number of rotatable bonds is 4. The summed E-state index contributed by atoms with van der Waals surface area (Å²) in [7, 11) is 2.18. The van der Waals surface area contributed by atoms with Crippen LogP contribution in [0.4, 0.5) is 0 Å². The van der Waals surface area contributed by atoms with Crippen molar-refractivity contribution in [2.24, 2.45) is 11.8 Å². The highest BCUT2D eigenvalue weighted by molar-refractivity contribution is 5.30. The van der Waals surface area contributed by atoms with Crippen molar-refractivity contribution in [2.45, 2.75) is 37.7 Å². The second kappa shape index (κ2) is 6.19. The Morgan fingerprint density at radius 2 is 1.87 bits per heavy atom. The lowest BCUT2D eigenvalue weighted by molar-refractivity contribution is -0.00562. The third kappa shape index (κ3) is 2.95. The molecule has 1 aliphatic carbocycles. The number of fused-ring (bicyclic) bond motifs is 1. The zero-order valence-corrected chi connectivity index (χ0v) is 14.4. The van der Waals surface area contributed by atoms with Crippen LogP contribution in [-0.2, 0) is 12.0 Å². The van der Waals surface area contributed by atoms with Crippen molar-refractivity contribution < 1.29 is 5.11 Å². The molecule has 3 atom stereocenters. The van der Waals surface area contributed by atoms with E-state index in [9.17, 15) is 5.11 Å². The summed E-state index contributed by atoms with van der Waals surface area (Å²) in [4.78, 5) is 4.95. The lowest BCUT2D eigenvalue weighted by Gasteiger charge is -2.30. The van der Waals surface area contributed by atoms with Crippen molar-refractivity contribution in [1.29, 1.82) is 0 Å². The summed E-state index contributed by atoms with van der Waals surface area (Å²) in [5, 5.41) is 11.3. The van der Waals surface area contributed by atoms with Crippen LogP contribution in [0.1, 0.15) is 36.8 Å². The first kappa shape index (κ1) is 15.6. The minimum atomic E-state index is -0.594. The highest BCUT2D eigenvalue weighted by atomic mass is 16.3. The van der Waals surface area contributed by atoms with E-state index in [-0.39, 0.29) is 0 Å². The van der Waals surface area contributed by atoms with E-state index in [4.69, 9.17) is 0 Å². The zero-order valence-electron chi connectivity index (χ0n) is 14.4. The Hall–Kier alpha value is -0.900. The predicted octanol–water partition coefficient (Wildman–Crippen LogP) is 2.48. The van der Waals surface area contributed by atoms with E-state index < -0.39 is 5.60 Å². The molecule has 0 bridgehead atoms. The molecule has 3 heteroatoms. The van der Waals surface area contributed by atoms with Crippen molar-refractivity contribution in [3.63, 3.8) is 0 Å². The Kier molecular flexibility index (Phi) is 4.21. The summed E-state index contributed by atoms with van der Waals surface area (Å²) in [5.41, 5.74) is 1.95. The average molecular weight is 314 g/mol. The van der Waals surface area contributed by atoms with E-state index in [0.29, 0.717) is 11.8 Å². The van der Waals surface area contributed by atoms with Gasteiger partial charge in [-0.3, -0.25) is 0 Å². The lowest BCUT2D eigenvalue weighted by atomic mass is 9.82. The van der Waals surface area contributed by atoms with Crippen LogP contribution in [0, 0.1) is 11.8 Å². The van der Waals surface area contributed by atoms with Gasteiger partial charge in [0.15, 0.2) is 0 Å². The number of benzene rings is 1. The fourth-order valence-corrected chi connectivity index (χ4v) is 5.12. The minimum Gasteiger partial charge on any atom is -0.385 e. The minimum absolute atomic E-state index is 0.419. The monoisotopic (exact) mass is 314 g/mol. The topological polar surface area (TPSA) is 26.7 Å². The van der Waals surface area contributed by atoms with E-state index in [1.165, 1.54) is 44.5 Å². The van der Waals surface area contributed by atoms with Crippen molar-refractivity contribution in [1.82, 2.24) is 9.80 Å². The van der Waals surface area contributed by atoms with E-state index in [2.05, 4.69) is 41.1 Å². The van der Waals surface area contributed by atoms with Crippen LogP contribution in [0.15, 0.2) is 24.3 Å². The Morgan fingerprint density at radius 3 is 2.61 bits per heavy atom. The maximum Gasteiger partial charge on any atom is 0.0940 e. The van der Waals surface area contributed by atoms with Crippen molar-refractivity contribution in [3.05, 3.63) is 35.4 Å². The first-order chi connectivity index (χ1) is 11.1. The molecule has 0 amide bonds.